The molecule has 0 spiro atoms. The molecule has 2 rings (SSSR count). The van der Waals surface area contributed by atoms with E-state index in [0.29, 0.717) is 12.0 Å². The lowest BCUT2D eigenvalue weighted by atomic mass is 9.86. The van der Waals surface area contributed by atoms with E-state index >= 15 is 0 Å². The summed E-state index contributed by atoms with van der Waals surface area (Å²) in [5.41, 5.74) is -0.913. The predicted molar refractivity (Wildman–Crippen MR) is 175 cm³/mol. The zero-order chi connectivity index (χ0) is 34.7. The van der Waals surface area contributed by atoms with Crippen LogP contribution in [0.4, 0.5) is 0 Å². The van der Waals surface area contributed by atoms with Crippen molar-refractivity contribution in [2.75, 3.05) is 6.61 Å². The van der Waals surface area contributed by atoms with Gasteiger partial charge in [-0.25, -0.2) is 0 Å². The Bertz CT molecular complexity index is 1130. The van der Waals surface area contributed by atoms with Gasteiger partial charge in [0, 0.05) is 27.2 Å². The molecule has 0 saturated carbocycles. The van der Waals surface area contributed by atoms with E-state index in [1.54, 1.807) is 24.3 Å². The van der Waals surface area contributed by atoms with Crippen LogP contribution in [0.3, 0.4) is 0 Å². The van der Waals surface area contributed by atoms with Gasteiger partial charge in [0.1, 0.15) is 18.2 Å². The lowest BCUT2D eigenvalue weighted by Gasteiger charge is -2.49. The van der Waals surface area contributed by atoms with E-state index in [-0.39, 0.29) is 18.7 Å². The molecule has 11 nitrogen and oxygen atoms in total. The Kier molecular flexibility index (Phi) is 18.1. The van der Waals surface area contributed by atoms with Crippen LogP contribution in [0.1, 0.15) is 124 Å². The molecule has 1 unspecified atom stereocenters. The quantitative estimate of drug-likeness (QED) is 0.0962. The third kappa shape index (κ3) is 15.3. The maximum atomic E-state index is 13.2. The highest BCUT2D eigenvalue weighted by atomic mass is 16.7. The number of nitrogens with one attached hydrogen (secondary N) is 1. The highest BCUT2D eigenvalue weighted by molar-refractivity contribution is 5.77. The average molecular weight is 662 g/mol. The molecule has 1 aromatic carbocycles. The summed E-state index contributed by atoms with van der Waals surface area (Å²) >= 11 is 0. The first-order valence-electron chi connectivity index (χ1n) is 17.1. The van der Waals surface area contributed by atoms with Gasteiger partial charge in [-0.15, -0.1) is 0 Å². The predicted octanol–water partition coefficient (Wildman–Crippen LogP) is 5.89. The zero-order valence-corrected chi connectivity index (χ0v) is 28.9. The molecule has 11 heteroatoms. The summed E-state index contributed by atoms with van der Waals surface area (Å²) in [6, 6.07) is 7.70. The van der Waals surface area contributed by atoms with Gasteiger partial charge in [-0.05, 0) is 18.9 Å². The molecule has 5 atom stereocenters. The van der Waals surface area contributed by atoms with Gasteiger partial charge in [-0.3, -0.25) is 24.0 Å². The van der Waals surface area contributed by atoms with E-state index in [4.69, 9.17) is 23.7 Å². The molecule has 47 heavy (non-hydrogen) atoms. The number of ether oxygens (including phenoxy) is 5. The maximum absolute atomic E-state index is 13.2. The van der Waals surface area contributed by atoms with E-state index in [1.165, 1.54) is 79.1 Å². The second-order valence-corrected chi connectivity index (χ2v) is 12.6. The summed E-state index contributed by atoms with van der Waals surface area (Å²) in [6.07, 6.45) is 9.84. The third-order valence-corrected chi connectivity index (χ3v) is 8.11. The SMILES string of the molecule is CCCCCCCCCCCCCCC(=O)N[C@H]1C(OC(=O)Cc2ccccc2)O[C@](C)(COC(C)=O)[C@@H](OC(C)=O)[C@@H]1OC(C)=O. The number of esters is 4. The van der Waals surface area contributed by atoms with Gasteiger partial charge < -0.3 is 29.0 Å². The summed E-state index contributed by atoms with van der Waals surface area (Å²) in [6.45, 7) is 6.84. The fourth-order valence-electron chi connectivity index (χ4n) is 5.72. The van der Waals surface area contributed by atoms with Gasteiger partial charge in [0.15, 0.2) is 12.2 Å². The summed E-state index contributed by atoms with van der Waals surface area (Å²) in [4.78, 5) is 62.6. The first-order valence-corrected chi connectivity index (χ1v) is 17.1. The Morgan fingerprint density at radius 1 is 0.745 bits per heavy atom. The molecule has 1 aromatic rings. The van der Waals surface area contributed by atoms with Crippen LogP contribution in [0.5, 0.6) is 0 Å². The molecule has 1 fully saturated rings. The summed E-state index contributed by atoms with van der Waals surface area (Å²) in [7, 11) is 0. The molecule has 0 radical (unpaired) electrons. The molecule has 1 aliphatic rings. The van der Waals surface area contributed by atoms with Gasteiger partial charge in [0.25, 0.3) is 0 Å². The molecule has 0 aliphatic carbocycles. The van der Waals surface area contributed by atoms with Crippen molar-refractivity contribution in [3.63, 3.8) is 0 Å². The normalized spacial score (nSPS) is 22.1. The van der Waals surface area contributed by atoms with Crippen molar-refractivity contribution in [2.45, 2.75) is 155 Å². The van der Waals surface area contributed by atoms with Crippen LogP contribution in [0.25, 0.3) is 0 Å². The van der Waals surface area contributed by atoms with Crippen LogP contribution in [0.2, 0.25) is 0 Å². The largest absolute Gasteiger partial charge is 0.463 e. The smallest absolute Gasteiger partial charge is 0.312 e. The fraction of sp³-hybridized carbons (Fsp3) is 0.694. The molecule has 1 saturated heterocycles. The Labute approximate surface area is 279 Å². The monoisotopic (exact) mass is 661 g/mol. The minimum absolute atomic E-state index is 0.0908. The standard InChI is InChI=1S/C36H55NO10/c1-6-7-8-9-10-11-12-13-14-15-16-20-23-30(41)37-32-33(44-27(3)39)34(45-28(4)40)36(5,25-43-26(2)38)47-35(32)46-31(42)24-29-21-18-17-19-22-29/h17-19,21-22,32-35H,6-16,20,23-25H2,1-5H3,(H,37,41)/t32-,33-,34+,35?,36-/m1/s1. The van der Waals surface area contributed by atoms with E-state index in [1.807, 2.05) is 6.07 Å². The van der Waals surface area contributed by atoms with Crippen molar-refractivity contribution in [3.8, 4) is 0 Å². The van der Waals surface area contributed by atoms with Crippen molar-refractivity contribution in [1.29, 1.82) is 0 Å². The zero-order valence-electron chi connectivity index (χ0n) is 28.9. The molecule has 1 N–H and O–H groups in total. The summed E-state index contributed by atoms with van der Waals surface area (Å²) in [5.74, 6) is -3.10. The van der Waals surface area contributed by atoms with Crippen LogP contribution in [-0.2, 0) is 54.1 Å². The lowest BCUT2D eigenvalue weighted by Crippen LogP contribution is -2.71. The average Bonchev–Trinajstić information content (AvgIpc) is 3.00. The summed E-state index contributed by atoms with van der Waals surface area (Å²) < 4.78 is 28.3. The van der Waals surface area contributed by atoms with Crippen molar-refractivity contribution in [2.24, 2.45) is 0 Å². The topological polar surface area (TPSA) is 144 Å². The first kappa shape index (κ1) is 39.7. The van der Waals surface area contributed by atoms with Gasteiger partial charge >= 0.3 is 23.9 Å². The molecule has 1 aliphatic heterocycles. The minimum Gasteiger partial charge on any atom is -0.463 e. The molecule has 1 amide bonds. The van der Waals surface area contributed by atoms with Crippen LogP contribution < -0.4 is 5.32 Å². The highest BCUT2D eigenvalue weighted by Gasteiger charge is 2.58. The number of hydrogen-bond acceptors (Lipinski definition) is 10. The van der Waals surface area contributed by atoms with Crippen molar-refractivity contribution in [3.05, 3.63) is 35.9 Å². The molecule has 0 aromatic heterocycles. The van der Waals surface area contributed by atoms with E-state index in [9.17, 15) is 24.0 Å². The molecule has 1 heterocycles. The second kappa shape index (κ2) is 21.4. The first-order chi connectivity index (χ1) is 22.4. The van der Waals surface area contributed by atoms with Crippen LogP contribution in [-0.4, -0.2) is 66.5 Å². The Morgan fingerprint density at radius 3 is 1.83 bits per heavy atom. The number of carbonyl (C=O) groups excluding carboxylic acids is 5. The Hall–Kier alpha value is -3.47. The van der Waals surface area contributed by atoms with Crippen LogP contribution >= 0.6 is 0 Å². The number of benzene rings is 1. The minimum atomic E-state index is -1.61. The maximum Gasteiger partial charge on any atom is 0.312 e. The Morgan fingerprint density at radius 2 is 1.30 bits per heavy atom. The van der Waals surface area contributed by atoms with Crippen molar-refractivity contribution < 1.29 is 47.7 Å². The van der Waals surface area contributed by atoms with Gasteiger partial charge in [-0.1, -0.05) is 108 Å². The molecule has 264 valence electrons. The molecular formula is C36H55NO10. The number of amides is 1. The van der Waals surface area contributed by atoms with Gasteiger partial charge in [-0.2, -0.15) is 0 Å². The van der Waals surface area contributed by atoms with Crippen molar-refractivity contribution in [1.82, 2.24) is 5.32 Å². The Balaban J connectivity index is 2.12. The van der Waals surface area contributed by atoms with Crippen LogP contribution in [0.15, 0.2) is 30.3 Å². The molecule has 0 bridgehead atoms. The van der Waals surface area contributed by atoms with E-state index in [0.717, 1.165) is 19.3 Å². The van der Waals surface area contributed by atoms with E-state index < -0.39 is 60.6 Å². The number of rotatable bonds is 21. The van der Waals surface area contributed by atoms with E-state index in [2.05, 4.69) is 12.2 Å². The summed E-state index contributed by atoms with van der Waals surface area (Å²) in [5, 5.41) is 2.82. The number of unbranched alkanes of at least 4 members (excludes halogenated alkanes) is 11. The number of carbonyl (C=O) groups is 5. The fourth-order valence-corrected chi connectivity index (χ4v) is 5.72. The second-order valence-electron chi connectivity index (χ2n) is 12.6. The third-order valence-electron chi connectivity index (χ3n) is 8.11. The van der Waals surface area contributed by atoms with Gasteiger partial charge in [0.2, 0.25) is 12.2 Å². The highest BCUT2D eigenvalue weighted by Crippen LogP contribution is 2.35. The van der Waals surface area contributed by atoms with Crippen LogP contribution in [0, 0.1) is 0 Å². The van der Waals surface area contributed by atoms with Gasteiger partial charge in [0.05, 0.1) is 6.42 Å². The number of hydrogen-bond donors (Lipinski definition) is 1. The molecular weight excluding hydrogens is 606 g/mol. The van der Waals surface area contributed by atoms with Crippen molar-refractivity contribution >= 4 is 29.8 Å². The lowest BCUT2D eigenvalue weighted by molar-refractivity contribution is -0.304.